The quantitative estimate of drug-likeness (QED) is 0.810. The first-order chi connectivity index (χ1) is 10.2. The lowest BCUT2D eigenvalue weighted by Gasteiger charge is -2.36. The van der Waals surface area contributed by atoms with Crippen molar-refractivity contribution in [1.29, 1.82) is 0 Å². The Balaban J connectivity index is 1.85. The van der Waals surface area contributed by atoms with Crippen LogP contribution in [0.4, 0.5) is 0 Å². The second-order valence-corrected chi connectivity index (χ2v) is 6.28. The van der Waals surface area contributed by atoms with Crippen LogP contribution in [-0.4, -0.2) is 42.3 Å². The third kappa shape index (κ3) is 4.80. The highest BCUT2D eigenvalue weighted by atomic mass is 16.3. The Morgan fingerprint density at radius 1 is 1.24 bits per heavy atom. The maximum absolute atomic E-state index is 9.67. The number of rotatable bonds is 7. The molecule has 0 bridgehead atoms. The van der Waals surface area contributed by atoms with E-state index in [4.69, 9.17) is 0 Å². The van der Waals surface area contributed by atoms with E-state index in [1.54, 1.807) is 0 Å². The van der Waals surface area contributed by atoms with Gasteiger partial charge in [0.15, 0.2) is 0 Å². The lowest BCUT2D eigenvalue weighted by Crippen LogP contribution is -2.43. The van der Waals surface area contributed by atoms with Crippen LogP contribution in [-0.2, 0) is 0 Å². The average molecular weight is 290 g/mol. The van der Waals surface area contributed by atoms with Gasteiger partial charge in [-0.15, -0.1) is 0 Å². The van der Waals surface area contributed by atoms with Crippen LogP contribution in [0.3, 0.4) is 0 Å². The smallest absolute Gasteiger partial charge is 0.0626 e. The van der Waals surface area contributed by atoms with Crippen molar-refractivity contribution >= 4 is 0 Å². The van der Waals surface area contributed by atoms with Crippen LogP contribution < -0.4 is 5.32 Å². The minimum Gasteiger partial charge on any atom is -0.394 e. The van der Waals surface area contributed by atoms with Gasteiger partial charge >= 0.3 is 0 Å². The molecule has 1 aromatic carbocycles. The summed E-state index contributed by atoms with van der Waals surface area (Å²) in [7, 11) is 0. The minimum atomic E-state index is 0.0508. The van der Waals surface area contributed by atoms with E-state index in [2.05, 4.69) is 36.2 Å². The Morgan fingerprint density at radius 3 is 2.48 bits per heavy atom. The number of nitrogens with zero attached hydrogens (tertiary/aromatic N) is 1. The Hall–Kier alpha value is -0.900. The molecule has 0 spiro atoms. The Kier molecular flexibility index (Phi) is 6.68. The van der Waals surface area contributed by atoms with Crippen LogP contribution in [0.2, 0.25) is 0 Å². The number of hydrogen-bond acceptors (Lipinski definition) is 3. The number of hydrogen-bond donors (Lipinski definition) is 2. The molecule has 2 rings (SSSR count). The number of benzene rings is 1. The SMILES string of the molecule is CCCN1CCC(C(C)N[C@@H](CO)c2ccccc2)CC1. The Bertz CT molecular complexity index is 387. The van der Waals surface area contributed by atoms with Crippen molar-refractivity contribution < 1.29 is 5.11 Å². The average Bonchev–Trinajstić information content (AvgIpc) is 2.54. The van der Waals surface area contributed by atoms with Gasteiger partial charge in [-0.05, 0) is 57.3 Å². The molecular weight excluding hydrogens is 260 g/mol. The molecule has 2 atom stereocenters. The summed E-state index contributed by atoms with van der Waals surface area (Å²) in [6, 6.07) is 10.8. The molecule has 0 radical (unpaired) electrons. The molecule has 2 N–H and O–H groups in total. The third-order valence-corrected chi connectivity index (χ3v) is 4.73. The predicted octanol–water partition coefficient (Wildman–Crippen LogP) is 2.82. The molecule has 1 heterocycles. The van der Waals surface area contributed by atoms with E-state index in [1.807, 2.05) is 18.2 Å². The molecule has 1 fully saturated rings. The highest BCUT2D eigenvalue weighted by Crippen LogP contribution is 2.23. The Labute approximate surface area is 129 Å². The second kappa shape index (κ2) is 8.52. The van der Waals surface area contributed by atoms with Crippen LogP contribution in [0.1, 0.15) is 44.7 Å². The fourth-order valence-electron chi connectivity index (χ4n) is 3.39. The van der Waals surface area contributed by atoms with Crippen LogP contribution in [0.5, 0.6) is 0 Å². The molecule has 1 unspecified atom stereocenters. The number of piperidine rings is 1. The molecule has 21 heavy (non-hydrogen) atoms. The summed E-state index contributed by atoms with van der Waals surface area (Å²) in [5.41, 5.74) is 1.18. The lowest BCUT2D eigenvalue weighted by molar-refractivity contribution is 0.149. The van der Waals surface area contributed by atoms with E-state index in [-0.39, 0.29) is 12.6 Å². The van der Waals surface area contributed by atoms with E-state index in [1.165, 1.54) is 44.5 Å². The standard InChI is InChI=1S/C18H30N2O/c1-3-11-20-12-9-16(10-13-20)15(2)19-18(14-21)17-7-5-4-6-8-17/h4-8,15-16,18-19,21H,3,9-14H2,1-2H3/t15?,18-/m0/s1. The zero-order chi connectivity index (χ0) is 15.1. The molecule has 0 saturated carbocycles. The number of aliphatic hydroxyl groups is 1. The van der Waals surface area contributed by atoms with Gasteiger partial charge in [0, 0.05) is 6.04 Å². The summed E-state index contributed by atoms with van der Waals surface area (Å²) in [5.74, 6) is 0.718. The molecule has 0 aliphatic carbocycles. The predicted molar refractivity (Wildman–Crippen MR) is 88.3 cm³/mol. The fraction of sp³-hybridized carbons (Fsp3) is 0.667. The Morgan fingerprint density at radius 2 is 1.90 bits per heavy atom. The van der Waals surface area contributed by atoms with Gasteiger partial charge in [-0.3, -0.25) is 0 Å². The molecule has 118 valence electrons. The third-order valence-electron chi connectivity index (χ3n) is 4.73. The number of likely N-dealkylation sites (tertiary alicyclic amines) is 1. The van der Waals surface area contributed by atoms with Gasteiger partial charge in [-0.1, -0.05) is 37.3 Å². The molecule has 1 saturated heterocycles. The minimum absolute atomic E-state index is 0.0508. The van der Waals surface area contributed by atoms with Crippen LogP contribution in [0, 0.1) is 5.92 Å². The summed E-state index contributed by atoms with van der Waals surface area (Å²) in [5, 5.41) is 13.3. The molecule has 0 aromatic heterocycles. The van der Waals surface area contributed by atoms with Crippen molar-refractivity contribution in [3.8, 4) is 0 Å². The molecule has 1 aliphatic rings. The molecule has 1 aromatic rings. The topological polar surface area (TPSA) is 35.5 Å². The zero-order valence-corrected chi connectivity index (χ0v) is 13.5. The molecule has 3 nitrogen and oxygen atoms in total. The number of nitrogens with one attached hydrogen (secondary N) is 1. The van der Waals surface area contributed by atoms with E-state index in [0.717, 1.165) is 5.92 Å². The zero-order valence-electron chi connectivity index (χ0n) is 13.5. The van der Waals surface area contributed by atoms with Crippen molar-refractivity contribution in [3.63, 3.8) is 0 Å². The molecule has 0 amide bonds. The molecule has 1 aliphatic heterocycles. The molecular formula is C18H30N2O. The monoisotopic (exact) mass is 290 g/mol. The summed E-state index contributed by atoms with van der Waals surface area (Å²) in [4.78, 5) is 2.57. The van der Waals surface area contributed by atoms with Crippen molar-refractivity contribution in [2.45, 2.75) is 45.2 Å². The van der Waals surface area contributed by atoms with Crippen molar-refractivity contribution in [2.24, 2.45) is 5.92 Å². The highest BCUT2D eigenvalue weighted by Gasteiger charge is 2.25. The van der Waals surface area contributed by atoms with Crippen LogP contribution in [0.15, 0.2) is 30.3 Å². The van der Waals surface area contributed by atoms with Crippen molar-refractivity contribution in [1.82, 2.24) is 10.2 Å². The van der Waals surface area contributed by atoms with Gasteiger partial charge in [0.1, 0.15) is 0 Å². The van der Waals surface area contributed by atoms with E-state index < -0.39 is 0 Å². The van der Waals surface area contributed by atoms with Crippen molar-refractivity contribution in [2.75, 3.05) is 26.2 Å². The van der Waals surface area contributed by atoms with Gasteiger partial charge in [-0.25, -0.2) is 0 Å². The van der Waals surface area contributed by atoms with Crippen LogP contribution >= 0.6 is 0 Å². The maximum atomic E-state index is 9.67. The summed E-state index contributed by atoms with van der Waals surface area (Å²) < 4.78 is 0. The van der Waals surface area contributed by atoms with Gasteiger partial charge in [0.25, 0.3) is 0 Å². The molecule has 3 heteroatoms. The summed E-state index contributed by atoms with van der Waals surface area (Å²) in [6.07, 6.45) is 3.78. The summed E-state index contributed by atoms with van der Waals surface area (Å²) >= 11 is 0. The van der Waals surface area contributed by atoms with E-state index in [0.29, 0.717) is 6.04 Å². The largest absolute Gasteiger partial charge is 0.394 e. The highest BCUT2D eigenvalue weighted by molar-refractivity contribution is 5.19. The lowest BCUT2D eigenvalue weighted by atomic mass is 9.89. The first-order valence-corrected chi connectivity index (χ1v) is 8.38. The van der Waals surface area contributed by atoms with E-state index >= 15 is 0 Å². The second-order valence-electron chi connectivity index (χ2n) is 6.28. The van der Waals surface area contributed by atoms with Crippen LogP contribution in [0.25, 0.3) is 0 Å². The fourth-order valence-corrected chi connectivity index (χ4v) is 3.39. The van der Waals surface area contributed by atoms with Gasteiger partial charge in [-0.2, -0.15) is 0 Å². The van der Waals surface area contributed by atoms with Gasteiger partial charge in [0.05, 0.1) is 12.6 Å². The first kappa shape index (κ1) is 16.5. The number of aliphatic hydroxyl groups excluding tert-OH is 1. The normalized spacial score (nSPS) is 20.3. The maximum Gasteiger partial charge on any atom is 0.0626 e. The van der Waals surface area contributed by atoms with Gasteiger partial charge in [0.2, 0.25) is 0 Å². The van der Waals surface area contributed by atoms with Gasteiger partial charge < -0.3 is 15.3 Å². The first-order valence-electron chi connectivity index (χ1n) is 8.38. The summed E-state index contributed by atoms with van der Waals surface area (Å²) in [6.45, 7) is 8.36. The van der Waals surface area contributed by atoms with E-state index in [9.17, 15) is 5.11 Å². The van der Waals surface area contributed by atoms with Crippen molar-refractivity contribution in [3.05, 3.63) is 35.9 Å².